The van der Waals surface area contributed by atoms with Crippen LogP contribution in [0.4, 0.5) is 0 Å². The van der Waals surface area contributed by atoms with Gasteiger partial charge in [-0.05, 0) is 41.9 Å². The lowest BCUT2D eigenvalue weighted by Crippen LogP contribution is -2.06. The monoisotopic (exact) mass is 270 g/mol. The molecule has 19 heavy (non-hydrogen) atoms. The van der Waals surface area contributed by atoms with Crippen molar-refractivity contribution >= 4 is 19.2 Å². The number of benzene rings is 2. The van der Waals surface area contributed by atoms with Crippen LogP contribution in [0.1, 0.15) is 43.7 Å². The van der Waals surface area contributed by atoms with Crippen LogP contribution < -0.4 is 10.6 Å². The summed E-state index contributed by atoms with van der Waals surface area (Å²) in [5.74, 6) is 0.711. The lowest BCUT2D eigenvalue weighted by Gasteiger charge is -2.14. The molecular weight excluding hydrogens is 247 g/mol. The van der Waals surface area contributed by atoms with Crippen molar-refractivity contribution in [1.82, 2.24) is 0 Å². The largest absolute Gasteiger partial charge is 0.0648 e. The molecule has 0 saturated heterocycles. The van der Waals surface area contributed by atoms with Crippen molar-refractivity contribution in [3.8, 4) is 0 Å². The highest BCUT2D eigenvalue weighted by Crippen LogP contribution is 2.23. The van der Waals surface area contributed by atoms with Crippen molar-refractivity contribution < 1.29 is 0 Å². The topological polar surface area (TPSA) is 0 Å². The minimum absolute atomic E-state index is 0.711. The third-order valence-corrected chi connectivity index (χ3v) is 4.91. The molecule has 100 valence electrons. The minimum atomic E-state index is 0.711. The molecule has 1 heteroatoms. The van der Waals surface area contributed by atoms with E-state index in [1.54, 1.807) is 0 Å². The van der Waals surface area contributed by atoms with Crippen LogP contribution in [-0.4, -0.2) is 0 Å². The molecule has 1 atom stereocenters. The average molecular weight is 270 g/mol. The fourth-order valence-corrected chi connectivity index (χ4v) is 3.52. The van der Waals surface area contributed by atoms with E-state index in [1.807, 2.05) is 0 Å². The van der Waals surface area contributed by atoms with Gasteiger partial charge in [-0.3, -0.25) is 0 Å². The smallest absolute Gasteiger partial charge is 0.0167 e. The van der Waals surface area contributed by atoms with Crippen LogP contribution in [-0.2, 0) is 0 Å². The molecule has 2 aromatic rings. The molecule has 0 aliphatic heterocycles. The molecule has 0 aliphatic carbocycles. The summed E-state index contributed by atoms with van der Waals surface area (Å²) in [6.45, 7) is 6.70. The van der Waals surface area contributed by atoms with Crippen LogP contribution in [0.3, 0.4) is 0 Å². The molecule has 0 spiro atoms. The van der Waals surface area contributed by atoms with Crippen LogP contribution >= 0.6 is 8.58 Å². The fraction of sp³-hybridized carbons (Fsp3) is 0.333. The maximum absolute atomic E-state index is 2.40. The van der Waals surface area contributed by atoms with Crippen LogP contribution in [0.25, 0.3) is 0 Å². The van der Waals surface area contributed by atoms with Crippen molar-refractivity contribution in [1.29, 1.82) is 0 Å². The van der Waals surface area contributed by atoms with E-state index >= 15 is 0 Å². The number of rotatable bonds is 5. The standard InChI is InChI=1S/C18H23P/c1-4-15(5-2)16-7-6-8-18(13-16)19-17-11-9-14(3)10-12-17/h6-13,15,19H,4-5H2,1-3H3. The SMILES string of the molecule is CCC(CC)c1cccc(Pc2ccc(C)cc2)c1. The van der Waals surface area contributed by atoms with Crippen molar-refractivity contribution in [2.45, 2.75) is 39.5 Å². The van der Waals surface area contributed by atoms with E-state index in [0.29, 0.717) is 5.92 Å². The maximum atomic E-state index is 2.40. The number of hydrogen-bond acceptors (Lipinski definition) is 0. The lowest BCUT2D eigenvalue weighted by molar-refractivity contribution is 0.642. The summed E-state index contributed by atoms with van der Waals surface area (Å²) < 4.78 is 0. The van der Waals surface area contributed by atoms with Gasteiger partial charge in [-0.25, -0.2) is 0 Å². The maximum Gasteiger partial charge on any atom is -0.0167 e. The number of aryl methyl sites for hydroxylation is 1. The van der Waals surface area contributed by atoms with Gasteiger partial charge in [0.1, 0.15) is 0 Å². The molecule has 0 radical (unpaired) electrons. The van der Waals surface area contributed by atoms with Gasteiger partial charge in [-0.2, -0.15) is 0 Å². The summed E-state index contributed by atoms with van der Waals surface area (Å²) in [7, 11) is 0.765. The molecule has 1 unspecified atom stereocenters. The van der Waals surface area contributed by atoms with Gasteiger partial charge in [0.15, 0.2) is 0 Å². The van der Waals surface area contributed by atoms with Crippen LogP contribution in [0, 0.1) is 6.92 Å². The molecule has 0 heterocycles. The summed E-state index contributed by atoms with van der Waals surface area (Å²) in [5.41, 5.74) is 2.83. The van der Waals surface area contributed by atoms with Gasteiger partial charge >= 0.3 is 0 Å². The van der Waals surface area contributed by atoms with Gasteiger partial charge in [0, 0.05) is 0 Å². The van der Waals surface area contributed by atoms with Crippen molar-refractivity contribution in [2.24, 2.45) is 0 Å². The lowest BCUT2D eigenvalue weighted by atomic mass is 9.94. The summed E-state index contributed by atoms with van der Waals surface area (Å²) >= 11 is 0. The predicted octanol–water partition coefficient (Wildman–Crippen LogP) is 4.53. The van der Waals surface area contributed by atoms with Gasteiger partial charge < -0.3 is 0 Å². The summed E-state index contributed by atoms with van der Waals surface area (Å²) in [5, 5.41) is 2.88. The minimum Gasteiger partial charge on any atom is -0.0648 e. The Bertz CT molecular complexity index is 509. The predicted molar refractivity (Wildman–Crippen MR) is 88.5 cm³/mol. The molecular formula is C18H23P. The zero-order valence-electron chi connectivity index (χ0n) is 12.1. The first-order valence-electron chi connectivity index (χ1n) is 7.16. The van der Waals surface area contributed by atoms with E-state index in [1.165, 1.54) is 34.6 Å². The molecule has 0 aromatic heterocycles. The summed E-state index contributed by atoms with van der Waals surface area (Å²) in [6, 6.07) is 18.0. The second-order valence-electron chi connectivity index (χ2n) is 5.13. The zero-order chi connectivity index (χ0) is 13.7. The second kappa shape index (κ2) is 6.87. The van der Waals surface area contributed by atoms with Gasteiger partial charge in [-0.15, -0.1) is 0 Å². The molecule has 0 bridgehead atoms. The highest BCUT2D eigenvalue weighted by molar-refractivity contribution is 7.55. The first kappa shape index (κ1) is 14.3. The number of hydrogen-bond donors (Lipinski definition) is 0. The molecule has 0 N–H and O–H groups in total. The van der Waals surface area contributed by atoms with Crippen molar-refractivity contribution in [3.63, 3.8) is 0 Å². The molecule has 0 amide bonds. The van der Waals surface area contributed by atoms with Crippen molar-refractivity contribution in [3.05, 3.63) is 59.7 Å². The van der Waals surface area contributed by atoms with Crippen LogP contribution in [0.15, 0.2) is 48.5 Å². The third kappa shape index (κ3) is 3.91. The second-order valence-corrected chi connectivity index (χ2v) is 6.53. The Hall–Kier alpha value is -1.13. The molecule has 0 saturated carbocycles. The average Bonchev–Trinajstić information content (AvgIpc) is 2.43. The fourth-order valence-electron chi connectivity index (χ4n) is 2.43. The van der Waals surface area contributed by atoms with Gasteiger partial charge in [0.05, 0.1) is 0 Å². The van der Waals surface area contributed by atoms with E-state index in [9.17, 15) is 0 Å². The van der Waals surface area contributed by atoms with E-state index in [0.717, 1.165) is 8.58 Å². The summed E-state index contributed by atoms with van der Waals surface area (Å²) in [4.78, 5) is 0. The Morgan fingerprint density at radius 3 is 2.21 bits per heavy atom. The molecule has 0 fully saturated rings. The zero-order valence-corrected chi connectivity index (χ0v) is 13.1. The van der Waals surface area contributed by atoms with Crippen LogP contribution in [0.5, 0.6) is 0 Å². The van der Waals surface area contributed by atoms with E-state index < -0.39 is 0 Å². The molecule has 0 aliphatic rings. The Morgan fingerprint density at radius 2 is 1.58 bits per heavy atom. The van der Waals surface area contributed by atoms with Gasteiger partial charge in [0.2, 0.25) is 0 Å². The quantitative estimate of drug-likeness (QED) is 0.700. The van der Waals surface area contributed by atoms with Gasteiger partial charge in [-0.1, -0.05) is 76.5 Å². The Labute approximate surface area is 119 Å². The first-order valence-corrected chi connectivity index (χ1v) is 8.16. The first-order chi connectivity index (χ1) is 9.22. The Morgan fingerprint density at radius 1 is 0.895 bits per heavy atom. The highest BCUT2D eigenvalue weighted by atomic mass is 31.1. The van der Waals surface area contributed by atoms with E-state index in [4.69, 9.17) is 0 Å². The Balaban J connectivity index is 2.17. The molecule has 2 rings (SSSR count). The highest BCUT2D eigenvalue weighted by Gasteiger charge is 2.07. The molecule has 0 nitrogen and oxygen atoms in total. The van der Waals surface area contributed by atoms with E-state index in [-0.39, 0.29) is 0 Å². The Kier molecular flexibility index (Phi) is 5.16. The summed E-state index contributed by atoms with van der Waals surface area (Å²) in [6.07, 6.45) is 2.46. The third-order valence-electron chi connectivity index (χ3n) is 3.68. The van der Waals surface area contributed by atoms with Crippen molar-refractivity contribution in [2.75, 3.05) is 0 Å². The normalized spacial score (nSPS) is 11.6. The van der Waals surface area contributed by atoms with Gasteiger partial charge in [0.25, 0.3) is 0 Å². The van der Waals surface area contributed by atoms with Crippen LogP contribution in [0.2, 0.25) is 0 Å². The molecule has 2 aromatic carbocycles. The van der Waals surface area contributed by atoms with E-state index in [2.05, 4.69) is 69.3 Å².